The van der Waals surface area contributed by atoms with Gasteiger partial charge in [0, 0.05) is 0 Å². The molecule has 0 radical (unpaired) electrons. The largest absolute Gasteiger partial charge is 0.481 e. The van der Waals surface area contributed by atoms with E-state index in [-0.39, 0.29) is 6.42 Å². The fourth-order valence-corrected chi connectivity index (χ4v) is 0.770. The van der Waals surface area contributed by atoms with Crippen LogP contribution in [0.1, 0.15) is 5.56 Å². The number of hydrogen-bond donors (Lipinski definition) is 3. The Morgan fingerprint density at radius 1 is 0.875 bits per heavy atom. The van der Waals surface area contributed by atoms with Gasteiger partial charge in [0.25, 0.3) is 0 Å². The predicted molar refractivity (Wildman–Crippen MR) is 53.1 cm³/mol. The molecule has 0 aromatic heterocycles. The van der Waals surface area contributed by atoms with E-state index < -0.39 is 17.9 Å². The molecule has 1 rings (SSSR count). The zero-order chi connectivity index (χ0) is 12.6. The van der Waals surface area contributed by atoms with Gasteiger partial charge in [-0.25, -0.2) is 9.59 Å². The van der Waals surface area contributed by atoms with Gasteiger partial charge in [-0.2, -0.15) is 0 Å². The zero-order valence-electron chi connectivity index (χ0n) is 8.16. The van der Waals surface area contributed by atoms with Gasteiger partial charge < -0.3 is 15.3 Å². The van der Waals surface area contributed by atoms with Crippen molar-refractivity contribution < 1.29 is 29.7 Å². The molecule has 0 amide bonds. The average molecular weight is 226 g/mol. The fourth-order valence-electron chi connectivity index (χ4n) is 0.770. The quantitative estimate of drug-likeness (QED) is 0.632. The summed E-state index contributed by atoms with van der Waals surface area (Å²) in [6.45, 7) is 0. The summed E-state index contributed by atoms with van der Waals surface area (Å²) in [5, 5.41) is 23.1. The van der Waals surface area contributed by atoms with Crippen molar-refractivity contribution >= 4 is 17.9 Å². The third kappa shape index (κ3) is 7.07. The summed E-state index contributed by atoms with van der Waals surface area (Å²) in [6, 6.07) is 9.13. The molecule has 1 aromatic carbocycles. The summed E-state index contributed by atoms with van der Waals surface area (Å²) in [5.41, 5.74) is 0.843. The Balaban J connectivity index is 0.000000325. The lowest BCUT2D eigenvalue weighted by atomic mass is 10.2. The zero-order valence-corrected chi connectivity index (χ0v) is 8.16. The van der Waals surface area contributed by atoms with Gasteiger partial charge in [0.05, 0.1) is 6.42 Å². The van der Waals surface area contributed by atoms with Crippen LogP contribution in [-0.4, -0.2) is 33.2 Å². The maximum absolute atomic E-state index is 10.2. The highest BCUT2D eigenvalue weighted by Crippen LogP contribution is 1.98. The second-order valence-corrected chi connectivity index (χ2v) is 2.67. The number of rotatable bonds is 2. The van der Waals surface area contributed by atoms with Crippen molar-refractivity contribution in [3.63, 3.8) is 0 Å². The van der Waals surface area contributed by atoms with Crippen LogP contribution in [0.4, 0.5) is 0 Å². The minimum Gasteiger partial charge on any atom is -0.481 e. The second kappa shape index (κ2) is 6.99. The Kier molecular flexibility index (Phi) is 5.96. The van der Waals surface area contributed by atoms with Gasteiger partial charge in [0.1, 0.15) is 0 Å². The summed E-state index contributed by atoms with van der Waals surface area (Å²) >= 11 is 0. The molecule has 86 valence electrons. The van der Waals surface area contributed by atoms with Crippen molar-refractivity contribution in [1.82, 2.24) is 0 Å². The maximum Gasteiger partial charge on any atom is 0.414 e. The Labute approximate surface area is 90.8 Å². The number of carbonyl (C=O) groups is 3. The molecule has 0 unspecified atom stereocenters. The number of carboxylic acid groups (broad SMARTS) is 3. The first kappa shape index (κ1) is 13.6. The molecule has 6 heteroatoms. The topological polar surface area (TPSA) is 112 Å². The molecule has 6 nitrogen and oxygen atoms in total. The van der Waals surface area contributed by atoms with Gasteiger partial charge in [-0.05, 0) is 5.56 Å². The molecule has 3 N–H and O–H groups in total. The molecular formula is C10H10O6. The standard InChI is InChI=1S/C8H8O2.C2H2O4/c9-8(10)6-7-4-2-1-3-5-7;3-1(4)2(5)6/h1-5H,6H2,(H,9,10);(H,3,4)(H,5,6). The van der Waals surface area contributed by atoms with E-state index >= 15 is 0 Å². The van der Waals surface area contributed by atoms with Crippen LogP contribution in [0.5, 0.6) is 0 Å². The molecule has 1 aromatic rings. The van der Waals surface area contributed by atoms with E-state index in [1.165, 1.54) is 0 Å². The van der Waals surface area contributed by atoms with Gasteiger partial charge in [0.15, 0.2) is 0 Å². The summed E-state index contributed by atoms with van der Waals surface area (Å²) in [4.78, 5) is 28.4. The molecule has 0 spiro atoms. The van der Waals surface area contributed by atoms with Gasteiger partial charge in [0.2, 0.25) is 0 Å². The minimum absolute atomic E-state index is 0.112. The summed E-state index contributed by atoms with van der Waals surface area (Å²) in [6.07, 6.45) is 0.112. The van der Waals surface area contributed by atoms with E-state index in [2.05, 4.69) is 0 Å². The second-order valence-electron chi connectivity index (χ2n) is 2.67. The molecule has 0 saturated heterocycles. The smallest absolute Gasteiger partial charge is 0.414 e. The van der Waals surface area contributed by atoms with E-state index in [9.17, 15) is 4.79 Å². The van der Waals surface area contributed by atoms with Crippen molar-refractivity contribution in [1.29, 1.82) is 0 Å². The number of aliphatic carboxylic acids is 3. The lowest BCUT2D eigenvalue weighted by molar-refractivity contribution is -0.159. The van der Waals surface area contributed by atoms with Crippen molar-refractivity contribution in [3.05, 3.63) is 35.9 Å². The lowest BCUT2D eigenvalue weighted by Gasteiger charge is -1.92. The highest BCUT2D eigenvalue weighted by molar-refractivity contribution is 6.27. The molecule has 0 aliphatic rings. The third-order valence-corrected chi connectivity index (χ3v) is 1.38. The number of benzene rings is 1. The number of carboxylic acids is 3. The number of hydrogen-bond acceptors (Lipinski definition) is 3. The Morgan fingerprint density at radius 3 is 1.62 bits per heavy atom. The molecule has 0 heterocycles. The van der Waals surface area contributed by atoms with E-state index in [4.69, 9.17) is 24.9 Å². The Hall–Kier alpha value is -2.37. The molecule has 0 atom stereocenters. The van der Waals surface area contributed by atoms with E-state index in [0.29, 0.717) is 0 Å². The normalized spacial score (nSPS) is 8.50. The highest BCUT2D eigenvalue weighted by Gasteiger charge is 2.04. The van der Waals surface area contributed by atoms with Crippen LogP contribution in [-0.2, 0) is 20.8 Å². The van der Waals surface area contributed by atoms with Crippen LogP contribution in [0.15, 0.2) is 30.3 Å². The van der Waals surface area contributed by atoms with Crippen LogP contribution in [0, 0.1) is 0 Å². The third-order valence-electron chi connectivity index (χ3n) is 1.38. The van der Waals surface area contributed by atoms with Crippen LogP contribution in [0.2, 0.25) is 0 Å². The molecule has 0 aliphatic heterocycles. The SMILES string of the molecule is O=C(O)C(=O)O.O=C(O)Cc1ccccc1. The van der Waals surface area contributed by atoms with Crippen LogP contribution >= 0.6 is 0 Å². The van der Waals surface area contributed by atoms with E-state index in [1.807, 2.05) is 18.2 Å². The predicted octanol–water partition coefficient (Wildman–Crippen LogP) is 0.469. The highest BCUT2D eigenvalue weighted by atomic mass is 16.4. The molecule has 0 aliphatic carbocycles. The summed E-state index contributed by atoms with van der Waals surface area (Å²) in [7, 11) is 0. The maximum atomic E-state index is 10.2. The van der Waals surface area contributed by atoms with Crippen molar-refractivity contribution in [2.45, 2.75) is 6.42 Å². The molecular weight excluding hydrogens is 216 g/mol. The van der Waals surface area contributed by atoms with Crippen LogP contribution < -0.4 is 0 Å². The fraction of sp³-hybridized carbons (Fsp3) is 0.100. The molecule has 16 heavy (non-hydrogen) atoms. The summed E-state index contributed by atoms with van der Waals surface area (Å²) in [5.74, 6) is -4.43. The summed E-state index contributed by atoms with van der Waals surface area (Å²) < 4.78 is 0. The van der Waals surface area contributed by atoms with Crippen molar-refractivity contribution in [2.24, 2.45) is 0 Å². The van der Waals surface area contributed by atoms with Gasteiger partial charge in [-0.15, -0.1) is 0 Å². The van der Waals surface area contributed by atoms with E-state index in [1.54, 1.807) is 12.1 Å². The van der Waals surface area contributed by atoms with Crippen molar-refractivity contribution in [3.8, 4) is 0 Å². The lowest BCUT2D eigenvalue weighted by Crippen LogP contribution is -2.09. The Morgan fingerprint density at radius 2 is 1.31 bits per heavy atom. The molecule has 0 bridgehead atoms. The first-order valence-corrected chi connectivity index (χ1v) is 4.15. The van der Waals surface area contributed by atoms with Gasteiger partial charge in [-0.3, -0.25) is 4.79 Å². The first-order chi connectivity index (χ1) is 7.43. The van der Waals surface area contributed by atoms with Crippen molar-refractivity contribution in [2.75, 3.05) is 0 Å². The van der Waals surface area contributed by atoms with E-state index in [0.717, 1.165) is 5.56 Å². The Bertz CT molecular complexity index is 358. The van der Waals surface area contributed by atoms with Gasteiger partial charge >= 0.3 is 17.9 Å². The average Bonchev–Trinajstić information content (AvgIpc) is 2.19. The molecule has 0 saturated carbocycles. The monoisotopic (exact) mass is 226 g/mol. The molecule has 0 fully saturated rings. The van der Waals surface area contributed by atoms with Crippen LogP contribution in [0.25, 0.3) is 0 Å². The van der Waals surface area contributed by atoms with Crippen LogP contribution in [0.3, 0.4) is 0 Å². The van der Waals surface area contributed by atoms with Gasteiger partial charge in [-0.1, -0.05) is 30.3 Å². The minimum atomic E-state index is -1.82. The first-order valence-electron chi connectivity index (χ1n) is 4.15.